The van der Waals surface area contributed by atoms with Crippen LogP contribution < -0.4 is 5.32 Å². The Balaban J connectivity index is 1.69. The number of amides is 1. The van der Waals surface area contributed by atoms with E-state index in [1.54, 1.807) is 6.20 Å². The topological polar surface area (TPSA) is 64.7 Å². The third-order valence-electron chi connectivity index (χ3n) is 4.40. The van der Waals surface area contributed by atoms with E-state index in [2.05, 4.69) is 15.4 Å². The van der Waals surface area contributed by atoms with Gasteiger partial charge in [-0.3, -0.25) is 9.48 Å². The van der Waals surface area contributed by atoms with Crippen LogP contribution >= 0.6 is 0 Å². The highest BCUT2D eigenvalue weighted by Crippen LogP contribution is 2.14. The smallest absolute Gasteiger partial charge is 0.255 e. The van der Waals surface area contributed by atoms with Crippen LogP contribution in [0.2, 0.25) is 0 Å². The molecule has 0 saturated carbocycles. The van der Waals surface area contributed by atoms with Crippen LogP contribution in [0.15, 0.2) is 36.7 Å². The van der Waals surface area contributed by atoms with Crippen molar-refractivity contribution < 1.29 is 4.79 Å². The van der Waals surface area contributed by atoms with Crippen molar-refractivity contribution in [3.05, 3.63) is 65.0 Å². The van der Waals surface area contributed by atoms with E-state index in [0.717, 1.165) is 35.0 Å². The van der Waals surface area contributed by atoms with Crippen LogP contribution in [0.5, 0.6) is 0 Å². The molecule has 0 spiro atoms. The van der Waals surface area contributed by atoms with Gasteiger partial charge in [0.1, 0.15) is 5.82 Å². The molecule has 0 aliphatic heterocycles. The van der Waals surface area contributed by atoms with E-state index in [0.29, 0.717) is 12.1 Å². The van der Waals surface area contributed by atoms with Crippen molar-refractivity contribution in [1.82, 2.24) is 24.6 Å². The van der Waals surface area contributed by atoms with E-state index >= 15 is 0 Å². The molecule has 0 aliphatic rings. The predicted octanol–water partition coefficient (Wildman–Crippen LogP) is 2.94. The van der Waals surface area contributed by atoms with Gasteiger partial charge in [-0.25, -0.2) is 4.98 Å². The second-order valence-electron chi connectivity index (χ2n) is 6.06. The molecule has 1 N–H and O–H groups in total. The van der Waals surface area contributed by atoms with Gasteiger partial charge < -0.3 is 9.88 Å². The van der Waals surface area contributed by atoms with Crippen molar-refractivity contribution in [3.63, 3.8) is 0 Å². The van der Waals surface area contributed by atoms with Crippen LogP contribution in [0.25, 0.3) is 5.69 Å². The molecule has 3 aromatic rings. The summed E-state index contributed by atoms with van der Waals surface area (Å²) in [6, 6.07) is 8.10. The standard InChI is InChI=1S/C19H23N5O/c1-5-24-14(3)18(13(2)22-24)19(25)21-12-16-6-8-17(9-7-16)23-11-10-20-15(23)4/h6-11H,5,12H2,1-4H3,(H,21,25). The molecule has 0 unspecified atom stereocenters. The zero-order chi connectivity index (χ0) is 18.0. The van der Waals surface area contributed by atoms with Gasteiger partial charge in [0, 0.05) is 36.9 Å². The molecule has 2 aromatic heterocycles. The molecule has 25 heavy (non-hydrogen) atoms. The first-order chi connectivity index (χ1) is 12.0. The SMILES string of the molecule is CCn1nc(C)c(C(=O)NCc2ccc(-n3ccnc3C)cc2)c1C. The average Bonchev–Trinajstić information content (AvgIpc) is 3.16. The van der Waals surface area contributed by atoms with Gasteiger partial charge in [-0.1, -0.05) is 12.1 Å². The molecule has 0 atom stereocenters. The van der Waals surface area contributed by atoms with Gasteiger partial charge in [-0.2, -0.15) is 5.10 Å². The van der Waals surface area contributed by atoms with Crippen LogP contribution in [0, 0.1) is 20.8 Å². The Morgan fingerprint density at radius 1 is 1.16 bits per heavy atom. The third kappa shape index (κ3) is 3.33. The Morgan fingerprint density at radius 2 is 1.88 bits per heavy atom. The van der Waals surface area contributed by atoms with Gasteiger partial charge in [-0.05, 0) is 45.4 Å². The molecule has 130 valence electrons. The zero-order valence-corrected chi connectivity index (χ0v) is 15.1. The zero-order valence-electron chi connectivity index (χ0n) is 15.1. The number of carbonyl (C=O) groups is 1. The number of hydrogen-bond acceptors (Lipinski definition) is 3. The molecule has 2 heterocycles. The lowest BCUT2D eigenvalue weighted by molar-refractivity contribution is 0.0949. The van der Waals surface area contributed by atoms with Crippen LogP contribution in [0.4, 0.5) is 0 Å². The summed E-state index contributed by atoms with van der Waals surface area (Å²) in [6.07, 6.45) is 3.72. The number of nitrogens with one attached hydrogen (secondary N) is 1. The van der Waals surface area contributed by atoms with Crippen LogP contribution in [0.3, 0.4) is 0 Å². The minimum absolute atomic E-state index is 0.0794. The number of hydrogen-bond donors (Lipinski definition) is 1. The van der Waals surface area contributed by atoms with Crippen LogP contribution in [0.1, 0.15) is 40.1 Å². The van der Waals surface area contributed by atoms with Crippen LogP contribution in [-0.4, -0.2) is 25.2 Å². The molecular formula is C19H23N5O. The fraction of sp³-hybridized carbons (Fsp3) is 0.316. The highest BCUT2D eigenvalue weighted by Gasteiger charge is 2.17. The molecule has 1 aromatic carbocycles. The van der Waals surface area contributed by atoms with Crippen molar-refractivity contribution in [2.24, 2.45) is 0 Å². The molecule has 0 saturated heterocycles. The maximum absolute atomic E-state index is 12.5. The van der Waals surface area contributed by atoms with E-state index in [-0.39, 0.29) is 5.91 Å². The van der Waals surface area contributed by atoms with Crippen molar-refractivity contribution >= 4 is 5.91 Å². The molecule has 0 fully saturated rings. The lowest BCUT2D eigenvalue weighted by atomic mass is 10.1. The first-order valence-corrected chi connectivity index (χ1v) is 8.42. The Bertz CT molecular complexity index is 889. The molecule has 0 aliphatic carbocycles. The minimum Gasteiger partial charge on any atom is -0.348 e. The monoisotopic (exact) mass is 337 g/mol. The van der Waals surface area contributed by atoms with E-state index in [1.165, 1.54) is 0 Å². The summed E-state index contributed by atoms with van der Waals surface area (Å²) in [4.78, 5) is 16.7. The van der Waals surface area contributed by atoms with E-state index < -0.39 is 0 Å². The Morgan fingerprint density at radius 3 is 2.44 bits per heavy atom. The van der Waals surface area contributed by atoms with Crippen LogP contribution in [-0.2, 0) is 13.1 Å². The first kappa shape index (κ1) is 17.0. The minimum atomic E-state index is -0.0794. The van der Waals surface area contributed by atoms with Crippen molar-refractivity contribution in [3.8, 4) is 5.69 Å². The fourth-order valence-electron chi connectivity index (χ4n) is 3.03. The number of nitrogens with zero attached hydrogens (tertiary/aromatic N) is 4. The molecule has 6 heteroatoms. The fourth-order valence-corrected chi connectivity index (χ4v) is 3.03. The van der Waals surface area contributed by atoms with Crippen molar-refractivity contribution in [2.45, 2.75) is 40.8 Å². The molecular weight excluding hydrogens is 314 g/mol. The normalized spacial score (nSPS) is 10.9. The second kappa shape index (κ2) is 6.93. The highest BCUT2D eigenvalue weighted by atomic mass is 16.1. The number of aryl methyl sites for hydroxylation is 3. The van der Waals surface area contributed by atoms with Gasteiger partial charge in [0.2, 0.25) is 0 Å². The molecule has 3 rings (SSSR count). The molecule has 6 nitrogen and oxygen atoms in total. The lowest BCUT2D eigenvalue weighted by Crippen LogP contribution is -2.24. The number of imidazole rings is 1. The highest BCUT2D eigenvalue weighted by molar-refractivity contribution is 5.96. The lowest BCUT2D eigenvalue weighted by Gasteiger charge is -2.08. The number of benzene rings is 1. The van der Waals surface area contributed by atoms with Gasteiger partial charge in [-0.15, -0.1) is 0 Å². The molecule has 0 bridgehead atoms. The second-order valence-corrected chi connectivity index (χ2v) is 6.06. The van der Waals surface area contributed by atoms with Crippen molar-refractivity contribution in [2.75, 3.05) is 0 Å². The maximum atomic E-state index is 12.5. The number of rotatable bonds is 5. The number of aromatic nitrogens is 4. The first-order valence-electron chi connectivity index (χ1n) is 8.42. The summed E-state index contributed by atoms with van der Waals surface area (Å²) >= 11 is 0. The van der Waals surface area contributed by atoms with Gasteiger partial charge in [0.25, 0.3) is 5.91 Å². The number of carbonyl (C=O) groups excluding carboxylic acids is 1. The maximum Gasteiger partial charge on any atom is 0.255 e. The largest absolute Gasteiger partial charge is 0.348 e. The average molecular weight is 337 g/mol. The van der Waals surface area contributed by atoms with Gasteiger partial charge in [0.15, 0.2) is 0 Å². The summed E-state index contributed by atoms with van der Waals surface area (Å²) in [7, 11) is 0. The molecule has 0 radical (unpaired) electrons. The van der Waals surface area contributed by atoms with E-state index in [1.807, 2.05) is 67.4 Å². The Labute approximate surface area is 147 Å². The van der Waals surface area contributed by atoms with Gasteiger partial charge in [0.05, 0.1) is 11.3 Å². The van der Waals surface area contributed by atoms with E-state index in [4.69, 9.17) is 0 Å². The quantitative estimate of drug-likeness (QED) is 0.778. The summed E-state index contributed by atoms with van der Waals surface area (Å²) in [5, 5.41) is 7.39. The van der Waals surface area contributed by atoms with Gasteiger partial charge >= 0.3 is 0 Å². The van der Waals surface area contributed by atoms with E-state index in [9.17, 15) is 4.79 Å². The summed E-state index contributed by atoms with van der Waals surface area (Å²) in [5.41, 5.74) is 4.45. The summed E-state index contributed by atoms with van der Waals surface area (Å²) in [6.45, 7) is 9.03. The predicted molar refractivity (Wildman–Crippen MR) is 96.8 cm³/mol. The molecule has 1 amide bonds. The third-order valence-corrected chi connectivity index (χ3v) is 4.40. The Hall–Kier alpha value is -2.89. The van der Waals surface area contributed by atoms with Crippen molar-refractivity contribution in [1.29, 1.82) is 0 Å². The summed E-state index contributed by atoms with van der Waals surface area (Å²) in [5.74, 6) is 0.865. The summed E-state index contributed by atoms with van der Waals surface area (Å²) < 4.78 is 3.88. The Kier molecular flexibility index (Phi) is 4.70.